The molecule has 9 aromatic carbocycles. The summed E-state index contributed by atoms with van der Waals surface area (Å²) >= 11 is 0. The molecule has 3 heteroatoms. The zero-order valence-corrected chi connectivity index (χ0v) is 36.0. The van der Waals surface area contributed by atoms with Gasteiger partial charge in [0.2, 0.25) is 0 Å². The second kappa shape index (κ2) is 16.4. The molecule has 0 saturated heterocycles. The number of hydrogen-bond acceptors (Lipinski definition) is 3. The van der Waals surface area contributed by atoms with Crippen molar-refractivity contribution in [3.63, 3.8) is 0 Å². The van der Waals surface area contributed by atoms with Crippen molar-refractivity contribution in [2.75, 3.05) is 4.90 Å². The van der Waals surface area contributed by atoms with E-state index < -0.39 is 0 Å². The molecule has 0 spiro atoms. The quantitative estimate of drug-likeness (QED) is 0.157. The molecule has 11 rings (SSSR count). The van der Waals surface area contributed by atoms with Crippen molar-refractivity contribution in [3.05, 3.63) is 264 Å². The average Bonchev–Trinajstić information content (AvgIpc) is 3.60. The van der Waals surface area contributed by atoms with E-state index >= 15 is 0 Å². The summed E-state index contributed by atoms with van der Waals surface area (Å²) in [5.41, 5.74) is 21.1. The lowest BCUT2D eigenvalue weighted by atomic mass is 9.81. The van der Waals surface area contributed by atoms with Crippen molar-refractivity contribution in [1.29, 1.82) is 0 Å². The molecule has 0 bridgehead atoms. The molecule has 9 aromatic rings. The molecule has 3 nitrogen and oxygen atoms in total. The first-order valence-corrected chi connectivity index (χ1v) is 22.1. The van der Waals surface area contributed by atoms with Gasteiger partial charge in [-0.3, -0.25) is 4.99 Å². The van der Waals surface area contributed by atoms with Gasteiger partial charge in [0, 0.05) is 33.7 Å². The minimum Gasteiger partial charge on any atom is -0.360 e. The molecule has 0 aromatic heterocycles. The monoisotopic (exact) mass is 821 g/mol. The predicted octanol–water partition coefficient (Wildman–Crippen LogP) is 15.6. The first kappa shape index (κ1) is 38.9. The summed E-state index contributed by atoms with van der Waals surface area (Å²) in [6, 6.07) is 82.9. The number of benzene rings is 9. The van der Waals surface area contributed by atoms with E-state index in [1.54, 1.807) is 0 Å². The Bertz CT molecular complexity index is 3070. The summed E-state index contributed by atoms with van der Waals surface area (Å²) in [6.45, 7) is 4.67. The van der Waals surface area contributed by atoms with Crippen LogP contribution in [0.2, 0.25) is 0 Å². The van der Waals surface area contributed by atoms with Gasteiger partial charge in [-0.15, -0.1) is 0 Å². The summed E-state index contributed by atoms with van der Waals surface area (Å²) in [5.74, 6) is 0. The van der Waals surface area contributed by atoms with E-state index in [-0.39, 0.29) is 11.6 Å². The Kier molecular flexibility index (Phi) is 9.94. The van der Waals surface area contributed by atoms with Crippen molar-refractivity contribution in [2.45, 2.75) is 25.4 Å². The molecule has 306 valence electrons. The Morgan fingerprint density at radius 3 is 1.33 bits per heavy atom. The number of aliphatic imine (C=N–C) groups is 1. The lowest BCUT2D eigenvalue weighted by molar-refractivity contribution is 0.658. The van der Waals surface area contributed by atoms with E-state index in [0.29, 0.717) is 0 Å². The molecule has 0 radical (unpaired) electrons. The Labute approximate surface area is 376 Å². The van der Waals surface area contributed by atoms with Gasteiger partial charge in [-0.1, -0.05) is 202 Å². The largest absolute Gasteiger partial charge is 0.360 e. The fourth-order valence-corrected chi connectivity index (χ4v) is 9.48. The molecular weight excluding hydrogens is 775 g/mol. The topological polar surface area (TPSA) is 27.6 Å². The number of allylic oxidation sites excluding steroid dienone is 1. The van der Waals surface area contributed by atoms with E-state index in [1.807, 2.05) is 0 Å². The first-order chi connectivity index (χ1) is 31.5. The maximum atomic E-state index is 5.31. The third-order valence-corrected chi connectivity index (χ3v) is 13.0. The van der Waals surface area contributed by atoms with Crippen LogP contribution in [0.15, 0.2) is 242 Å². The van der Waals surface area contributed by atoms with Gasteiger partial charge in [0.1, 0.15) is 6.17 Å². The van der Waals surface area contributed by atoms with E-state index in [1.165, 1.54) is 44.5 Å². The summed E-state index contributed by atoms with van der Waals surface area (Å²) in [6.07, 6.45) is 2.00. The van der Waals surface area contributed by atoms with Crippen molar-refractivity contribution < 1.29 is 0 Å². The number of nitrogens with one attached hydrogen (secondary N) is 1. The molecule has 64 heavy (non-hydrogen) atoms. The van der Waals surface area contributed by atoms with Gasteiger partial charge in [0.05, 0.1) is 5.71 Å². The van der Waals surface area contributed by atoms with Crippen LogP contribution < -0.4 is 10.2 Å². The van der Waals surface area contributed by atoms with Crippen LogP contribution in [0.1, 0.15) is 47.8 Å². The Hall–Kier alpha value is -8.01. The van der Waals surface area contributed by atoms with Gasteiger partial charge >= 0.3 is 0 Å². The smallest absolute Gasteiger partial charge is 0.145 e. The van der Waals surface area contributed by atoms with Crippen LogP contribution in [-0.2, 0) is 5.41 Å². The maximum absolute atomic E-state index is 5.31. The molecule has 0 amide bonds. The third-order valence-electron chi connectivity index (χ3n) is 13.0. The Balaban J connectivity index is 0.895. The lowest BCUT2D eigenvalue weighted by Gasteiger charge is -2.26. The number of rotatable bonds is 9. The van der Waals surface area contributed by atoms with Gasteiger partial charge in [0.15, 0.2) is 0 Å². The number of nitrogens with zero attached hydrogens (tertiary/aromatic N) is 2. The molecule has 1 heterocycles. The predicted molar refractivity (Wildman–Crippen MR) is 268 cm³/mol. The highest BCUT2D eigenvalue weighted by Crippen LogP contribution is 2.49. The second-order valence-corrected chi connectivity index (χ2v) is 17.2. The minimum absolute atomic E-state index is 0.0879. The number of fused-ring (bicyclic) bond motifs is 3. The van der Waals surface area contributed by atoms with Gasteiger partial charge < -0.3 is 10.2 Å². The highest BCUT2D eigenvalue weighted by atomic mass is 15.1. The van der Waals surface area contributed by atoms with Crippen molar-refractivity contribution >= 4 is 28.5 Å². The van der Waals surface area contributed by atoms with Crippen LogP contribution in [0.25, 0.3) is 50.2 Å². The second-order valence-electron chi connectivity index (χ2n) is 17.2. The van der Waals surface area contributed by atoms with E-state index in [2.05, 4.69) is 261 Å². The highest BCUT2D eigenvalue weighted by Gasteiger charge is 2.35. The van der Waals surface area contributed by atoms with E-state index in [4.69, 9.17) is 4.99 Å². The van der Waals surface area contributed by atoms with Gasteiger partial charge in [0.25, 0.3) is 0 Å². The van der Waals surface area contributed by atoms with Crippen LogP contribution in [0.4, 0.5) is 17.1 Å². The zero-order chi connectivity index (χ0) is 43.0. The fraction of sp³-hybridized carbons (Fsp3) is 0.0656. The molecule has 0 saturated carbocycles. The molecule has 2 aliphatic rings. The summed E-state index contributed by atoms with van der Waals surface area (Å²) in [7, 11) is 0. The Morgan fingerprint density at radius 1 is 0.391 bits per heavy atom. The maximum Gasteiger partial charge on any atom is 0.145 e. The van der Waals surface area contributed by atoms with E-state index in [0.717, 1.165) is 56.3 Å². The third kappa shape index (κ3) is 7.31. The molecule has 0 fully saturated rings. The van der Waals surface area contributed by atoms with Crippen molar-refractivity contribution in [3.8, 4) is 44.5 Å². The zero-order valence-electron chi connectivity index (χ0n) is 36.0. The van der Waals surface area contributed by atoms with Gasteiger partial charge in [-0.25, -0.2) is 0 Å². The van der Waals surface area contributed by atoms with Crippen LogP contribution in [0, 0.1) is 0 Å². The van der Waals surface area contributed by atoms with Gasteiger partial charge in [-0.2, -0.15) is 0 Å². The molecule has 1 aliphatic heterocycles. The molecule has 1 N–H and O–H groups in total. The average molecular weight is 822 g/mol. The standard InChI is InChI=1S/C61H47N3/c1-61(2)56-21-13-12-20-54(56)55-39-32-50(40-57(55)61)59-41-58(62-60(63-59)49-18-10-5-11-19-49)48-24-22-44(23-25-48)47-30-37-53(38-31-47)64(51-33-26-45(27-34-51)42-14-6-3-7-15-42)52-35-28-46(29-36-52)43-16-8-4-9-17-43/h3-41,60,62H,1-2H3. The normalized spacial score (nSPS) is 14.7. The van der Waals surface area contributed by atoms with E-state index in [9.17, 15) is 0 Å². The van der Waals surface area contributed by atoms with Crippen molar-refractivity contribution in [1.82, 2.24) is 5.32 Å². The molecule has 1 aliphatic carbocycles. The van der Waals surface area contributed by atoms with Crippen molar-refractivity contribution in [2.24, 2.45) is 4.99 Å². The van der Waals surface area contributed by atoms with Gasteiger partial charge in [-0.05, 0) is 115 Å². The molecular formula is C61H47N3. The molecule has 1 unspecified atom stereocenters. The lowest BCUT2D eigenvalue weighted by Crippen LogP contribution is -2.25. The molecule has 1 atom stereocenters. The van der Waals surface area contributed by atoms with Crippen LogP contribution in [0.5, 0.6) is 0 Å². The number of hydrogen-bond donors (Lipinski definition) is 1. The SMILES string of the molecule is CC1(C)c2ccccc2-c2ccc(C3=NC(c4ccccc4)NC(c4ccc(-c5ccc(N(c6ccc(-c7ccccc7)cc6)c6ccc(-c7ccccc7)cc6)cc5)cc4)=C3)cc21. The first-order valence-electron chi connectivity index (χ1n) is 22.1. The summed E-state index contributed by atoms with van der Waals surface area (Å²) in [4.78, 5) is 7.65. The fourth-order valence-electron chi connectivity index (χ4n) is 9.48. The number of anilines is 3. The van der Waals surface area contributed by atoms with Crippen LogP contribution >= 0.6 is 0 Å². The van der Waals surface area contributed by atoms with Crippen LogP contribution in [0.3, 0.4) is 0 Å². The minimum atomic E-state index is -0.214. The summed E-state index contributed by atoms with van der Waals surface area (Å²) < 4.78 is 0. The highest BCUT2D eigenvalue weighted by molar-refractivity contribution is 6.13. The summed E-state index contributed by atoms with van der Waals surface area (Å²) in [5, 5.41) is 3.77. The Morgan fingerprint density at radius 2 is 0.797 bits per heavy atom. The van der Waals surface area contributed by atoms with Crippen LogP contribution in [-0.4, -0.2) is 5.71 Å².